The van der Waals surface area contributed by atoms with Gasteiger partial charge in [-0.2, -0.15) is 0 Å². The Morgan fingerprint density at radius 1 is 1.00 bits per heavy atom. The highest BCUT2D eigenvalue weighted by molar-refractivity contribution is 5.87. The first-order chi connectivity index (χ1) is 13.3. The van der Waals surface area contributed by atoms with Gasteiger partial charge < -0.3 is 20.2 Å². The highest BCUT2D eigenvalue weighted by Gasteiger charge is 2.38. The first-order valence-electron chi connectivity index (χ1n) is 9.76. The highest BCUT2D eigenvalue weighted by Crippen LogP contribution is 2.40. The van der Waals surface area contributed by atoms with Crippen LogP contribution in [0.5, 0.6) is 5.75 Å². The normalized spacial score (nSPS) is 16.7. The Balaban J connectivity index is 0.000000261. The van der Waals surface area contributed by atoms with E-state index in [-0.39, 0.29) is 11.7 Å². The number of hydrogen-bond donors (Lipinski definition) is 3. The summed E-state index contributed by atoms with van der Waals surface area (Å²) in [5, 5.41) is 28.8. The predicted molar refractivity (Wildman–Crippen MR) is 111 cm³/mol. The fraction of sp³-hybridized carbons (Fsp3) is 0.435. The van der Waals surface area contributed by atoms with Crippen LogP contribution in [0.1, 0.15) is 53.9 Å². The van der Waals surface area contributed by atoms with Crippen molar-refractivity contribution in [3.05, 3.63) is 65.7 Å². The number of hydrogen-bond acceptors (Lipinski definition) is 4. The molecule has 0 spiro atoms. The molecule has 2 aromatic carbocycles. The lowest BCUT2D eigenvalue weighted by molar-refractivity contribution is -0.0277. The van der Waals surface area contributed by atoms with Crippen LogP contribution in [-0.2, 0) is 0 Å². The largest absolute Gasteiger partial charge is 0.508 e. The second kappa shape index (κ2) is 10.2. The van der Waals surface area contributed by atoms with Gasteiger partial charge in [0.1, 0.15) is 5.75 Å². The van der Waals surface area contributed by atoms with Gasteiger partial charge in [0, 0.05) is 12.5 Å². The third-order valence-electron chi connectivity index (χ3n) is 5.23. The number of aromatic hydroxyl groups is 1. The summed E-state index contributed by atoms with van der Waals surface area (Å²) < 4.78 is 0. The highest BCUT2D eigenvalue weighted by atomic mass is 16.4. The zero-order chi connectivity index (χ0) is 20.6. The third kappa shape index (κ3) is 6.36. The Kier molecular flexibility index (Phi) is 8.03. The van der Waals surface area contributed by atoms with Gasteiger partial charge in [-0.15, -0.1) is 0 Å². The van der Waals surface area contributed by atoms with Crippen molar-refractivity contribution in [1.82, 2.24) is 4.90 Å². The molecule has 152 valence electrons. The van der Waals surface area contributed by atoms with Crippen LogP contribution in [0, 0.1) is 0 Å². The van der Waals surface area contributed by atoms with Gasteiger partial charge in [-0.25, -0.2) is 4.79 Å². The topological polar surface area (TPSA) is 81.0 Å². The molecule has 0 radical (unpaired) electrons. The van der Waals surface area contributed by atoms with Crippen molar-refractivity contribution in [3.8, 4) is 5.75 Å². The van der Waals surface area contributed by atoms with Crippen molar-refractivity contribution in [2.45, 2.75) is 43.6 Å². The van der Waals surface area contributed by atoms with Crippen LogP contribution in [0.3, 0.4) is 0 Å². The maximum absolute atomic E-state index is 11.0. The van der Waals surface area contributed by atoms with Gasteiger partial charge in [0.05, 0.1) is 11.2 Å². The molecule has 5 heteroatoms. The van der Waals surface area contributed by atoms with Crippen molar-refractivity contribution in [3.63, 3.8) is 0 Å². The SMILES string of the molecule is CN(C)CC(c1ccc(O)cc1)C1(O)CCCCC1.O=C(O)c1ccccc1. The van der Waals surface area contributed by atoms with E-state index in [1.807, 2.05) is 26.2 Å². The fourth-order valence-corrected chi connectivity index (χ4v) is 3.75. The Morgan fingerprint density at radius 3 is 2.04 bits per heavy atom. The average molecular weight is 386 g/mol. The molecule has 1 fully saturated rings. The van der Waals surface area contributed by atoms with Crippen LogP contribution >= 0.6 is 0 Å². The van der Waals surface area contributed by atoms with Gasteiger partial charge in [0.25, 0.3) is 0 Å². The van der Waals surface area contributed by atoms with E-state index in [2.05, 4.69) is 4.90 Å². The van der Waals surface area contributed by atoms with Gasteiger partial charge in [-0.3, -0.25) is 0 Å². The molecule has 0 bridgehead atoms. The zero-order valence-electron chi connectivity index (χ0n) is 16.7. The number of rotatable bonds is 5. The molecule has 1 aliphatic rings. The van der Waals surface area contributed by atoms with Crippen LogP contribution in [0.15, 0.2) is 54.6 Å². The number of benzene rings is 2. The third-order valence-corrected chi connectivity index (χ3v) is 5.23. The molecular formula is C23H31NO4. The van der Waals surface area contributed by atoms with Crippen molar-refractivity contribution in [2.75, 3.05) is 20.6 Å². The van der Waals surface area contributed by atoms with Crippen LogP contribution in [0.25, 0.3) is 0 Å². The molecule has 3 rings (SSSR count). The number of aliphatic hydroxyl groups is 1. The molecule has 0 amide bonds. The van der Waals surface area contributed by atoms with Gasteiger partial charge in [0.2, 0.25) is 0 Å². The maximum atomic E-state index is 11.0. The van der Waals surface area contributed by atoms with Gasteiger partial charge in [-0.1, -0.05) is 49.6 Å². The summed E-state index contributed by atoms with van der Waals surface area (Å²) in [4.78, 5) is 12.3. The molecule has 0 saturated heterocycles. The van der Waals surface area contributed by atoms with Gasteiger partial charge in [-0.05, 0) is 56.8 Å². The van der Waals surface area contributed by atoms with Crippen molar-refractivity contribution in [1.29, 1.82) is 0 Å². The molecule has 5 nitrogen and oxygen atoms in total. The summed E-state index contributed by atoms with van der Waals surface area (Å²) in [6, 6.07) is 15.6. The van der Waals surface area contributed by atoms with Crippen LogP contribution in [0.4, 0.5) is 0 Å². The molecule has 1 aliphatic carbocycles. The molecule has 0 aromatic heterocycles. The standard InChI is InChI=1S/C16H25NO2.C7H6O2/c1-17(2)12-15(13-6-8-14(18)9-7-13)16(19)10-4-3-5-11-16;8-7(9)6-4-2-1-3-5-6/h6-9,15,18-19H,3-5,10-12H2,1-2H3;1-5H,(H,8,9). The molecule has 1 saturated carbocycles. The minimum atomic E-state index is -0.879. The monoisotopic (exact) mass is 385 g/mol. The minimum Gasteiger partial charge on any atom is -0.508 e. The van der Waals surface area contributed by atoms with E-state index in [9.17, 15) is 15.0 Å². The molecule has 28 heavy (non-hydrogen) atoms. The van der Waals surface area contributed by atoms with Crippen LogP contribution in [-0.4, -0.2) is 52.4 Å². The lowest BCUT2D eigenvalue weighted by atomic mass is 9.72. The average Bonchev–Trinajstić information content (AvgIpc) is 2.68. The van der Waals surface area contributed by atoms with E-state index < -0.39 is 11.6 Å². The maximum Gasteiger partial charge on any atom is 0.335 e. The smallest absolute Gasteiger partial charge is 0.335 e. The number of aromatic carboxylic acids is 1. The quantitative estimate of drug-likeness (QED) is 0.721. The van der Waals surface area contributed by atoms with E-state index in [4.69, 9.17) is 5.11 Å². The summed E-state index contributed by atoms with van der Waals surface area (Å²) in [6.07, 6.45) is 5.21. The molecule has 1 atom stereocenters. The summed E-state index contributed by atoms with van der Waals surface area (Å²) in [5.41, 5.74) is 0.854. The van der Waals surface area contributed by atoms with E-state index in [1.165, 1.54) is 6.42 Å². The van der Waals surface area contributed by atoms with Crippen LogP contribution in [0.2, 0.25) is 0 Å². The molecule has 3 N–H and O–H groups in total. The summed E-state index contributed by atoms with van der Waals surface area (Å²) in [5.74, 6) is -0.484. The molecule has 0 heterocycles. The van der Waals surface area contributed by atoms with Gasteiger partial charge in [0.15, 0.2) is 0 Å². The second-order valence-electron chi connectivity index (χ2n) is 7.74. The van der Waals surface area contributed by atoms with Crippen LogP contribution < -0.4 is 0 Å². The van der Waals surface area contributed by atoms with Gasteiger partial charge >= 0.3 is 5.97 Å². The lowest BCUT2D eigenvalue weighted by Crippen LogP contribution is -2.42. The Morgan fingerprint density at radius 2 is 1.57 bits per heavy atom. The first-order valence-corrected chi connectivity index (χ1v) is 9.76. The minimum absolute atomic E-state index is 0.114. The molecule has 2 aromatic rings. The fourth-order valence-electron chi connectivity index (χ4n) is 3.75. The number of phenolic OH excluding ortho intramolecular Hbond substituents is 1. The van der Waals surface area contributed by atoms with E-state index in [0.717, 1.165) is 37.8 Å². The van der Waals surface area contributed by atoms with Crippen molar-refractivity contribution >= 4 is 5.97 Å². The predicted octanol–water partition coefficient (Wildman–Crippen LogP) is 4.12. The summed E-state index contributed by atoms with van der Waals surface area (Å²) >= 11 is 0. The number of carboxylic acids is 1. The Hall–Kier alpha value is -2.37. The molecule has 1 unspecified atom stereocenters. The second-order valence-corrected chi connectivity index (χ2v) is 7.74. The first kappa shape index (κ1) is 21.9. The number of carbonyl (C=O) groups is 1. The van der Waals surface area contributed by atoms with Crippen molar-refractivity contribution in [2.24, 2.45) is 0 Å². The lowest BCUT2D eigenvalue weighted by Gasteiger charge is -2.40. The summed E-state index contributed by atoms with van der Waals surface area (Å²) in [7, 11) is 4.08. The molecular weight excluding hydrogens is 354 g/mol. The molecule has 0 aliphatic heterocycles. The number of phenols is 1. The van der Waals surface area contributed by atoms with Crippen molar-refractivity contribution < 1.29 is 20.1 Å². The zero-order valence-corrected chi connectivity index (χ0v) is 16.7. The Bertz CT molecular complexity index is 722. The Labute approximate surface area is 167 Å². The number of carboxylic acid groups (broad SMARTS) is 1. The van der Waals surface area contributed by atoms with E-state index in [1.54, 1.807) is 42.5 Å². The van der Waals surface area contributed by atoms with E-state index in [0.29, 0.717) is 5.56 Å². The van der Waals surface area contributed by atoms with E-state index >= 15 is 0 Å². The number of nitrogens with zero attached hydrogens (tertiary/aromatic N) is 1. The summed E-state index contributed by atoms with van der Waals surface area (Å²) in [6.45, 7) is 0.835. The number of likely N-dealkylation sites (N-methyl/N-ethyl adjacent to an activating group) is 1.